The van der Waals surface area contributed by atoms with Gasteiger partial charge in [-0.05, 0) is 168 Å². The van der Waals surface area contributed by atoms with Crippen LogP contribution in [0.2, 0.25) is 10.0 Å². The van der Waals surface area contributed by atoms with Gasteiger partial charge in [-0.15, -0.1) is 0 Å². The van der Waals surface area contributed by atoms with Crippen LogP contribution in [-0.4, -0.2) is 66.8 Å². The molecule has 6 N–H and O–H groups in total. The average molecular weight is 1050 g/mol. The summed E-state index contributed by atoms with van der Waals surface area (Å²) in [7, 11) is 0. The number of H-pyrrole nitrogens is 1. The van der Waals surface area contributed by atoms with Crippen molar-refractivity contribution in [3.8, 4) is 0 Å². The van der Waals surface area contributed by atoms with Gasteiger partial charge in [0, 0.05) is 46.3 Å². The van der Waals surface area contributed by atoms with E-state index in [0.29, 0.717) is 34.1 Å². The van der Waals surface area contributed by atoms with Crippen LogP contribution in [0.25, 0.3) is 38.5 Å². The van der Waals surface area contributed by atoms with Crippen LogP contribution in [-0.2, 0) is 25.9 Å². The van der Waals surface area contributed by atoms with E-state index in [4.69, 9.17) is 50.1 Å². The van der Waals surface area contributed by atoms with Crippen LogP contribution in [0, 0.1) is 17.2 Å². The summed E-state index contributed by atoms with van der Waals surface area (Å²) in [6.45, 7) is 33.8. The van der Waals surface area contributed by atoms with E-state index in [1.54, 1.807) is 6.92 Å². The predicted octanol–water partition coefficient (Wildman–Crippen LogP) is 16.9. The maximum atomic E-state index is 7.80. The van der Waals surface area contributed by atoms with Crippen molar-refractivity contribution in [3.05, 3.63) is 129 Å². The zero-order chi connectivity index (χ0) is 54.5. The molecule has 10 nitrogen and oxygen atoms in total. The molecule has 2 saturated heterocycles. The van der Waals surface area contributed by atoms with Gasteiger partial charge in [0.15, 0.2) is 5.82 Å². The Balaban J connectivity index is 0.000000258. The van der Waals surface area contributed by atoms with Crippen LogP contribution in [0.15, 0.2) is 96.3 Å². The third-order valence-corrected chi connectivity index (χ3v) is 13.1. The Morgan fingerprint density at radius 3 is 1.64 bits per heavy atom. The molecule has 12 heteroatoms. The summed E-state index contributed by atoms with van der Waals surface area (Å²) in [6.07, 6.45) is 16.2. The molecule has 0 saturated carbocycles. The van der Waals surface area contributed by atoms with Crippen LogP contribution in [0.5, 0.6) is 0 Å². The molecule has 7 aromatic rings. The molecule has 3 aromatic heterocycles. The lowest BCUT2D eigenvalue weighted by Crippen LogP contribution is -2.29. The molecule has 4 aromatic carbocycles. The Kier molecular flexibility index (Phi) is 25.5. The molecule has 5 heterocycles. The maximum Gasteiger partial charge on any atom is 0.156 e. The van der Waals surface area contributed by atoms with Gasteiger partial charge in [-0.1, -0.05) is 136 Å². The van der Waals surface area contributed by atoms with Crippen molar-refractivity contribution in [1.82, 2.24) is 28.9 Å². The molecule has 2 fully saturated rings. The molecular weight excluding hydrogens is 956 g/mol. The molecule has 402 valence electrons. The number of piperidine rings is 1. The van der Waals surface area contributed by atoms with Crippen molar-refractivity contribution in [2.75, 3.05) is 37.6 Å². The van der Waals surface area contributed by atoms with Crippen LogP contribution in [0.1, 0.15) is 157 Å². The Bertz CT molecular complexity index is 2880. The molecule has 2 aliphatic heterocycles. The zero-order valence-corrected chi connectivity index (χ0v) is 48.8. The highest BCUT2D eigenvalue weighted by atomic mass is 35.5. The van der Waals surface area contributed by atoms with Gasteiger partial charge in [0.2, 0.25) is 0 Å². The summed E-state index contributed by atoms with van der Waals surface area (Å²) < 4.78 is 4.06. The van der Waals surface area contributed by atoms with Crippen LogP contribution in [0.4, 0.5) is 11.4 Å². The molecule has 0 atom stereocenters. The number of imidazole rings is 1. The second-order valence-electron chi connectivity index (χ2n) is 19.9. The molecule has 0 radical (unpaired) electrons. The lowest BCUT2D eigenvalue weighted by molar-refractivity contribution is 0.221. The number of nitrogens with zero attached hydrogens (tertiary/aromatic N) is 6. The van der Waals surface area contributed by atoms with Gasteiger partial charge in [-0.2, -0.15) is 0 Å². The molecule has 0 amide bonds. The van der Waals surface area contributed by atoms with Gasteiger partial charge < -0.3 is 25.6 Å². The first kappa shape index (κ1) is 61.2. The number of nitrogens with one attached hydrogen (secondary N) is 2. The summed E-state index contributed by atoms with van der Waals surface area (Å²) >= 11 is 12.4. The van der Waals surface area contributed by atoms with E-state index in [1.807, 2.05) is 88.6 Å². The summed E-state index contributed by atoms with van der Waals surface area (Å²) in [5.74, 6) is 3.37. The lowest BCUT2D eigenvalue weighted by atomic mass is 10.0. The SMILES string of the molecule is C/C=C(\N=C(C)n1cc(CC(C)C)c2ccc(Cl)cc21)c1nc2ccc(CN3CCCCC3)cc2[nH]1.CC.CC.CC(=N)n1cc(CC(C)C)c2ccc(Cl)cc21.CCC.Nc1ccc(CN2CCCC2)cc1N. The molecule has 74 heavy (non-hydrogen) atoms. The third-order valence-electron chi connectivity index (χ3n) is 12.6. The molecule has 9 rings (SSSR count). The quantitative estimate of drug-likeness (QED) is 0.0615. The molecule has 0 spiro atoms. The number of halogens is 2. The Labute approximate surface area is 455 Å². The largest absolute Gasteiger partial charge is 0.397 e. The average Bonchev–Trinajstić information content (AvgIpc) is 4.20. The van der Waals surface area contributed by atoms with Crippen LogP contribution in [0.3, 0.4) is 0 Å². The molecule has 0 unspecified atom stereocenters. The minimum atomic E-state index is 0.521. The van der Waals surface area contributed by atoms with E-state index >= 15 is 0 Å². The van der Waals surface area contributed by atoms with E-state index in [0.717, 1.165) is 70.4 Å². The molecule has 0 aliphatic carbocycles. The fourth-order valence-electron chi connectivity index (χ4n) is 9.35. The number of benzene rings is 4. The first-order chi connectivity index (χ1) is 35.6. The van der Waals surface area contributed by atoms with E-state index in [9.17, 15) is 0 Å². The van der Waals surface area contributed by atoms with Gasteiger partial charge in [0.05, 0.1) is 33.4 Å². The number of aromatic nitrogens is 4. The number of nitrogen functional groups attached to an aromatic ring is 2. The van der Waals surface area contributed by atoms with E-state index < -0.39 is 0 Å². The number of nitrogens with two attached hydrogens (primary N) is 2. The van der Waals surface area contributed by atoms with Crippen molar-refractivity contribution in [2.24, 2.45) is 16.8 Å². The minimum Gasteiger partial charge on any atom is -0.397 e. The number of hydrogen-bond acceptors (Lipinski definition) is 7. The topological polar surface area (TPSA) is 133 Å². The van der Waals surface area contributed by atoms with Crippen molar-refractivity contribution in [2.45, 2.75) is 154 Å². The van der Waals surface area contributed by atoms with E-state index in [2.05, 4.69) is 110 Å². The van der Waals surface area contributed by atoms with E-state index in [-0.39, 0.29) is 0 Å². The first-order valence-corrected chi connectivity index (χ1v) is 28.3. The van der Waals surface area contributed by atoms with Crippen molar-refractivity contribution in [1.29, 1.82) is 5.41 Å². The van der Waals surface area contributed by atoms with Crippen LogP contribution < -0.4 is 11.5 Å². The first-order valence-electron chi connectivity index (χ1n) is 27.5. The highest BCUT2D eigenvalue weighted by Crippen LogP contribution is 2.29. The van der Waals surface area contributed by atoms with Crippen molar-refractivity contribution < 1.29 is 0 Å². The molecule has 2 aliphatic rings. The number of aliphatic imine (C=N–C) groups is 1. The van der Waals surface area contributed by atoms with Gasteiger partial charge in [-0.25, -0.2) is 9.98 Å². The summed E-state index contributed by atoms with van der Waals surface area (Å²) in [5.41, 5.74) is 23.0. The number of rotatable bonds is 10. The number of aromatic amines is 1. The second kappa shape index (κ2) is 30.8. The Morgan fingerprint density at radius 2 is 1.15 bits per heavy atom. The van der Waals surface area contributed by atoms with Gasteiger partial charge >= 0.3 is 0 Å². The Hall–Kier alpha value is -5.39. The van der Waals surface area contributed by atoms with E-state index in [1.165, 1.54) is 97.7 Å². The van der Waals surface area contributed by atoms with Gasteiger partial charge in [0.1, 0.15) is 17.4 Å². The Morgan fingerprint density at radius 1 is 0.676 bits per heavy atom. The number of likely N-dealkylation sites (tertiary alicyclic amines) is 2. The number of fused-ring (bicyclic) bond motifs is 3. The summed E-state index contributed by atoms with van der Waals surface area (Å²) in [5, 5.41) is 11.7. The standard InChI is InChI=1S/C30H36ClN5.C14H17ClN2.C11H17N3.C3H8.2C2H6/c1-5-26(30-33-27-12-9-22(16-28(27)34-30)18-35-13-7-6-8-14-35)32-21(4)36-19-23(15-20(2)3)25-11-10-24(31)17-29(25)36;1-9(2)6-11-8-17(10(3)16)14-7-12(15)4-5-13(11)14;12-10-4-3-9(7-11(10)13)8-14-5-1-2-6-14;1-3-2;2*1-2/h5,9-12,16-17,19-20H,6-8,13-15,18H2,1-4H3,(H,33,34);4-5,7-9,16H,6H2,1-3H3;3-4,7H,1-2,5-6,8,12-13H2;3H2,1-2H3;2*1-2H3/b26-5-,32-21?;;;;;. The van der Waals surface area contributed by atoms with Crippen molar-refractivity contribution >= 4 is 84.8 Å². The summed E-state index contributed by atoms with van der Waals surface area (Å²) in [4.78, 5) is 18.4. The van der Waals surface area contributed by atoms with Crippen LogP contribution >= 0.6 is 23.2 Å². The number of anilines is 2. The highest BCUT2D eigenvalue weighted by molar-refractivity contribution is 6.31. The third kappa shape index (κ3) is 17.6. The number of hydrogen-bond donors (Lipinski definition) is 4. The monoisotopic (exact) mass is 1040 g/mol. The smallest absolute Gasteiger partial charge is 0.156 e. The molecular formula is C62H90Cl2N10. The fourth-order valence-corrected chi connectivity index (χ4v) is 9.68. The maximum absolute atomic E-state index is 7.80. The van der Waals surface area contributed by atoms with Crippen molar-refractivity contribution in [3.63, 3.8) is 0 Å². The summed E-state index contributed by atoms with van der Waals surface area (Å²) in [6, 6.07) is 24.5. The van der Waals surface area contributed by atoms with Gasteiger partial charge in [-0.3, -0.25) is 15.2 Å². The fraction of sp³-hybridized carbons (Fsp3) is 0.468. The lowest BCUT2D eigenvalue weighted by Gasteiger charge is -2.26. The second-order valence-corrected chi connectivity index (χ2v) is 20.8. The highest BCUT2D eigenvalue weighted by Gasteiger charge is 2.17. The van der Waals surface area contributed by atoms with Gasteiger partial charge in [0.25, 0.3) is 0 Å². The zero-order valence-electron chi connectivity index (χ0n) is 47.3. The predicted molar refractivity (Wildman–Crippen MR) is 326 cm³/mol. The molecule has 0 bridgehead atoms. The number of allylic oxidation sites excluding steroid dienone is 1. The minimum absolute atomic E-state index is 0.521. The normalized spacial score (nSPS) is 14.1.